The molecule has 1 unspecified atom stereocenters. The number of ketones is 1. The van der Waals surface area contributed by atoms with Gasteiger partial charge in [0, 0.05) is 36.0 Å². The zero-order valence-corrected chi connectivity index (χ0v) is 15.1. The Bertz CT molecular complexity index is 882. The molecule has 6 nitrogen and oxygen atoms in total. The van der Waals surface area contributed by atoms with Crippen LogP contribution >= 0.6 is 11.3 Å². The minimum Gasteiger partial charge on any atom is -0.365 e. The van der Waals surface area contributed by atoms with Crippen molar-refractivity contribution in [1.82, 2.24) is 4.98 Å². The zero-order chi connectivity index (χ0) is 19.8. The number of nitro benzene ring substituents is 1. The van der Waals surface area contributed by atoms with Gasteiger partial charge in [0.25, 0.3) is 5.69 Å². The quantitative estimate of drug-likeness (QED) is 0.425. The molecule has 0 radical (unpaired) electrons. The monoisotopic (exact) mass is 399 g/mol. The molecule has 0 amide bonds. The van der Waals surface area contributed by atoms with E-state index in [2.05, 4.69) is 4.98 Å². The van der Waals surface area contributed by atoms with Gasteiger partial charge in [0.2, 0.25) is 0 Å². The number of hydrogen-bond donors (Lipinski definition) is 0. The van der Waals surface area contributed by atoms with Crippen molar-refractivity contribution in [2.24, 2.45) is 0 Å². The normalized spacial score (nSPS) is 17.8. The maximum Gasteiger partial charge on any atom is 0.434 e. The van der Waals surface area contributed by atoms with Crippen LogP contribution in [0.15, 0.2) is 23.6 Å². The molecular weight excluding hydrogens is 383 g/mol. The molecule has 0 N–H and O–H groups in total. The summed E-state index contributed by atoms with van der Waals surface area (Å²) in [5.74, 6) is -0.504. The standard InChI is InChI=1S/C17H16F3N3O3S/c1-10(24)11-4-5-13(14(7-11)23(25)26)22-6-2-3-12(8-22)16-21-15(9-27-16)17(18,19)20/h4-5,7,9,12H,2-3,6,8H2,1H3. The van der Waals surface area contributed by atoms with Crippen molar-refractivity contribution < 1.29 is 22.9 Å². The molecule has 0 bridgehead atoms. The lowest BCUT2D eigenvalue weighted by Gasteiger charge is -2.33. The number of carbonyl (C=O) groups is 1. The van der Waals surface area contributed by atoms with Crippen LogP contribution in [0.25, 0.3) is 0 Å². The number of aromatic nitrogens is 1. The van der Waals surface area contributed by atoms with Crippen molar-refractivity contribution in [3.05, 3.63) is 50.0 Å². The van der Waals surface area contributed by atoms with Gasteiger partial charge in [0.1, 0.15) is 5.69 Å². The Morgan fingerprint density at radius 1 is 1.41 bits per heavy atom. The van der Waals surface area contributed by atoms with Gasteiger partial charge in [-0.25, -0.2) is 4.98 Å². The summed E-state index contributed by atoms with van der Waals surface area (Å²) >= 11 is 0.961. The van der Waals surface area contributed by atoms with E-state index in [1.165, 1.54) is 25.1 Å². The van der Waals surface area contributed by atoms with E-state index in [4.69, 9.17) is 0 Å². The molecule has 1 atom stereocenters. The number of halogens is 3. The number of piperidine rings is 1. The SMILES string of the molecule is CC(=O)c1ccc(N2CCCC(c3nc(C(F)(F)F)cs3)C2)c([N+](=O)[O-])c1. The lowest BCUT2D eigenvalue weighted by molar-refractivity contribution is -0.384. The maximum atomic E-state index is 12.8. The van der Waals surface area contributed by atoms with Gasteiger partial charge in [-0.2, -0.15) is 13.2 Å². The predicted octanol–water partition coefficient (Wildman–Crippen LogP) is 4.66. The molecule has 1 aliphatic rings. The number of nitro groups is 1. The van der Waals surface area contributed by atoms with Crippen LogP contribution in [-0.4, -0.2) is 28.8 Å². The van der Waals surface area contributed by atoms with Crippen molar-refractivity contribution >= 4 is 28.5 Å². The summed E-state index contributed by atoms with van der Waals surface area (Å²) < 4.78 is 38.4. The molecule has 3 rings (SSSR count). The minimum absolute atomic E-state index is 0.182. The second kappa shape index (κ2) is 7.26. The Kier molecular flexibility index (Phi) is 5.18. The fraction of sp³-hybridized carbons (Fsp3) is 0.412. The second-order valence-electron chi connectivity index (χ2n) is 6.37. The second-order valence-corrected chi connectivity index (χ2v) is 7.26. The van der Waals surface area contributed by atoms with E-state index >= 15 is 0 Å². The highest BCUT2D eigenvalue weighted by atomic mass is 32.1. The fourth-order valence-electron chi connectivity index (χ4n) is 3.16. The number of anilines is 1. The van der Waals surface area contributed by atoms with E-state index < -0.39 is 16.8 Å². The molecular formula is C17H16F3N3O3S. The number of alkyl halides is 3. The molecule has 2 aromatic rings. The third kappa shape index (κ3) is 4.10. The highest BCUT2D eigenvalue weighted by Crippen LogP contribution is 2.38. The van der Waals surface area contributed by atoms with Crippen molar-refractivity contribution in [3.63, 3.8) is 0 Å². The smallest absolute Gasteiger partial charge is 0.365 e. The minimum atomic E-state index is -4.48. The molecule has 10 heteroatoms. The van der Waals surface area contributed by atoms with Crippen LogP contribution in [0, 0.1) is 10.1 Å². The van der Waals surface area contributed by atoms with Gasteiger partial charge in [0.05, 0.1) is 9.93 Å². The van der Waals surface area contributed by atoms with Gasteiger partial charge < -0.3 is 4.90 Å². The number of Topliss-reactive ketones (excluding diaryl/α,β-unsaturated/α-hetero) is 1. The molecule has 144 valence electrons. The Morgan fingerprint density at radius 2 is 2.15 bits per heavy atom. The highest BCUT2D eigenvalue weighted by Gasteiger charge is 2.35. The fourth-order valence-corrected chi connectivity index (χ4v) is 4.11. The Balaban J connectivity index is 1.87. The molecule has 1 saturated heterocycles. The van der Waals surface area contributed by atoms with E-state index in [1.807, 2.05) is 0 Å². The summed E-state index contributed by atoms with van der Waals surface area (Å²) in [7, 11) is 0. The average molecular weight is 399 g/mol. The summed E-state index contributed by atoms with van der Waals surface area (Å²) in [6.45, 7) is 2.22. The van der Waals surface area contributed by atoms with Crippen LogP contribution in [0.1, 0.15) is 46.7 Å². The number of hydrogen-bond acceptors (Lipinski definition) is 6. The largest absolute Gasteiger partial charge is 0.434 e. The average Bonchev–Trinajstić information content (AvgIpc) is 3.12. The lowest BCUT2D eigenvalue weighted by Crippen LogP contribution is -2.34. The molecule has 27 heavy (non-hydrogen) atoms. The third-order valence-electron chi connectivity index (χ3n) is 4.50. The third-order valence-corrected chi connectivity index (χ3v) is 5.51. The molecule has 1 fully saturated rings. The summed E-state index contributed by atoms with van der Waals surface area (Å²) in [5.41, 5.74) is -0.481. The van der Waals surface area contributed by atoms with Crippen LogP contribution in [0.4, 0.5) is 24.5 Å². The van der Waals surface area contributed by atoms with Gasteiger partial charge in [-0.1, -0.05) is 0 Å². The van der Waals surface area contributed by atoms with Crippen molar-refractivity contribution in [2.45, 2.75) is 31.9 Å². The number of carbonyl (C=O) groups excluding carboxylic acids is 1. The van der Waals surface area contributed by atoms with Crippen LogP contribution in [-0.2, 0) is 6.18 Å². The van der Waals surface area contributed by atoms with Crippen molar-refractivity contribution in [3.8, 4) is 0 Å². The topological polar surface area (TPSA) is 76.3 Å². The van der Waals surface area contributed by atoms with Gasteiger partial charge in [-0.3, -0.25) is 14.9 Å². The van der Waals surface area contributed by atoms with E-state index in [1.54, 1.807) is 4.90 Å². The van der Waals surface area contributed by atoms with Crippen LogP contribution in [0.5, 0.6) is 0 Å². The first-order chi connectivity index (χ1) is 12.7. The van der Waals surface area contributed by atoms with Gasteiger partial charge >= 0.3 is 6.18 Å². The number of thiazole rings is 1. The lowest BCUT2D eigenvalue weighted by atomic mass is 9.97. The van der Waals surface area contributed by atoms with E-state index in [0.717, 1.165) is 16.7 Å². The van der Waals surface area contributed by atoms with Crippen LogP contribution in [0.3, 0.4) is 0 Å². The highest BCUT2D eigenvalue weighted by molar-refractivity contribution is 7.09. The van der Waals surface area contributed by atoms with Crippen molar-refractivity contribution in [2.75, 3.05) is 18.0 Å². The first-order valence-corrected chi connectivity index (χ1v) is 9.11. The Hall–Kier alpha value is -2.49. The Morgan fingerprint density at radius 3 is 2.74 bits per heavy atom. The molecule has 1 aromatic heterocycles. The number of nitrogens with zero attached hydrogens (tertiary/aromatic N) is 3. The van der Waals surface area contributed by atoms with Crippen molar-refractivity contribution in [1.29, 1.82) is 0 Å². The predicted molar refractivity (Wildman–Crippen MR) is 94.4 cm³/mol. The molecule has 2 heterocycles. The summed E-state index contributed by atoms with van der Waals surface area (Å²) in [6, 6.07) is 4.30. The van der Waals surface area contributed by atoms with Gasteiger partial charge in [0.15, 0.2) is 11.5 Å². The molecule has 0 spiro atoms. The zero-order valence-electron chi connectivity index (χ0n) is 14.3. The van der Waals surface area contributed by atoms with Gasteiger partial charge in [-0.15, -0.1) is 11.3 Å². The van der Waals surface area contributed by atoms with Crippen LogP contribution < -0.4 is 4.90 Å². The molecule has 1 aromatic carbocycles. The van der Waals surface area contributed by atoms with E-state index in [-0.39, 0.29) is 23.0 Å². The summed E-state index contributed by atoms with van der Waals surface area (Å²) in [6.07, 6.45) is -3.14. The van der Waals surface area contributed by atoms with E-state index in [9.17, 15) is 28.1 Å². The number of rotatable bonds is 4. The van der Waals surface area contributed by atoms with Crippen LogP contribution in [0.2, 0.25) is 0 Å². The Labute approximate surface area is 156 Å². The summed E-state index contributed by atoms with van der Waals surface area (Å²) in [5, 5.41) is 12.8. The van der Waals surface area contributed by atoms with E-state index in [0.29, 0.717) is 36.6 Å². The summed E-state index contributed by atoms with van der Waals surface area (Å²) in [4.78, 5) is 27.9. The molecule has 1 aliphatic heterocycles. The first-order valence-electron chi connectivity index (χ1n) is 8.23. The first kappa shape index (κ1) is 19.3. The molecule has 0 aliphatic carbocycles. The number of benzene rings is 1. The maximum absolute atomic E-state index is 12.8. The van der Waals surface area contributed by atoms with Gasteiger partial charge in [-0.05, 0) is 31.9 Å². The molecule has 0 saturated carbocycles.